The van der Waals surface area contributed by atoms with E-state index in [4.69, 9.17) is 11.6 Å². The van der Waals surface area contributed by atoms with Crippen LogP contribution in [0.4, 0.5) is 0 Å². The molecule has 0 aliphatic carbocycles. The first kappa shape index (κ1) is 10.9. The fourth-order valence-corrected chi connectivity index (χ4v) is 1.94. The highest BCUT2D eigenvalue weighted by Gasteiger charge is 2.03. The number of alkyl halides is 1. The van der Waals surface area contributed by atoms with Crippen molar-refractivity contribution in [2.45, 2.75) is 36.4 Å². The Bertz CT molecular complexity index is 265. The van der Waals surface area contributed by atoms with E-state index in [-0.39, 0.29) is 0 Å². The fraction of sp³-hybridized carbons (Fsp3) is 0.500. The molecule has 0 bridgehead atoms. The Morgan fingerprint density at radius 2 is 2.31 bits per heavy atom. The minimum Gasteiger partial charge on any atom is -0.245 e. The summed E-state index contributed by atoms with van der Waals surface area (Å²) in [5.41, 5.74) is 0.954. The molecule has 3 heteroatoms. The van der Waals surface area contributed by atoms with E-state index in [1.54, 1.807) is 11.8 Å². The summed E-state index contributed by atoms with van der Waals surface area (Å²) in [5, 5.41) is 1.70. The molecule has 1 nitrogen and oxygen atoms in total. The molecule has 0 radical (unpaired) electrons. The number of aromatic nitrogens is 1. The summed E-state index contributed by atoms with van der Waals surface area (Å²) in [7, 11) is 0. The number of hydrogen-bond acceptors (Lipinski definition) is 2. The molecule has 0 saturated heterocycles. The number of halogens is 1. The molecule has 1 rings (SSSR count). The summed E-state index contributed by atoms with van der Waals surface area (Å²) in [4.78, 5) is 4.41. The number of rotatable bonds is 4. The molecule has 0 amide bonds. The van der Waals surface area contributed by atoms with E-state index in [0.717, 1.165) is 17.1 Å². The summed E-state index contributed by atoms with van der Waals surface area (Å²) in [5.74, 6) is 0.495. The number of nitrogens with zero attached hydrogens (tertiary/aromatic N) is 1. The van der Waals surface area contributed by atoms with Crippen LogP contribution in [-0.2, 0) is 5.88 Å². The van der Waals surface area contributed by atoms with E-state index >= 15 is 0 Å². The van der Waals surface area contributed by atoms with Gasteiger partial charge in [0.25, 0.3) is 0 Å². The second-order valence-electron chi connectivity index (χ2n) is 2.94. The maximum absolute atomic E-state index is 5.70. The largest absolute Gasteiger partial charge is 0.245 e. The third kappa shape index (κ3) is 3.57. The maximum atomic E-state index is 5.70. The van der Waals surface area contributed by atoms with Crippen molar-refractivity contribution in [3.63, 3.8) is 0 Å². The quantitative estimate of drug-likeness (QED) is 0.561. The highest BCUT2D eigenvalue weighted by molar-refractivity contribution is 7.99. The van der Waals surface area contributed by atoms with E-state index < -0.39 is 0 Å². The lowest BCUT2D eigenvalue weighted by atomic mass is 10.4. The van der Waals surface area contributed by atoms with Gasteiger partial charge in [0, 0.05) is 5.25 Å². The molecule has 0 N–H and O–H groups in total. The third-order valence-corrected chi connectivity index (χ3v) is 3.29. The average molecular weight is 216 g/mol. The van der Waals surface area contributed by atoms with Crippen molar-refractivity contribution in [1.82, 2.24) is 4.98 Å². The fourth-order valence-electron chi connectivity index (χ4n) is 0.887. The van der Waals surface area contributed by atoms with Crippen molar-refractivity contribution in [1.29, 1.82) is 0 Å². The van der Waals surface area contributed by atoms with E-state index in [0.29, 0.717) is 11.1 Å². The molecule has 1 heterocycles. The van der Waals surface area contributed by atoms with Gasteiger partial charge in [-0.1, -0.05) is 19.9 Å². The molecule has 0 fully saturated rings. The molecule has 13 heavy (non-hydrogen) atoms. The predicted octanol–water partition coefficient (Wildman–Crippen LogP) is 3.71. The van der Waals surface area contributed by atoms with Crippen molar-refractivity contribution < 1.29 is 0 Å². The second kappa shape index (κ2) is 5.51. The summed E-state index contributed by atoms with van der Waals surface area (Å²) in [6.45, 7) is 4.39. The van der Waals surface area contributed by atoms with Gasteiger partial charge in [0.05, 0.1) is 16.6 Å². The molecule has 1 aromatic heterocycles. The normalized spacial score (nSPS) is 12.8. The maximum Gasteiger partial charge on any atom is 0.0966 e. The Balaban J connectivity index is 2.66. The SMILES string of the molecule is CCC(C)Sc1cccc(CCl)n1. The van der Waals surface area contributed by atoms with Gasteiger partial charge in [-0.2, -0.15) is 0 Å². The monoisotopic (exact) mass is 215 g/mol. The Morgan fingerprint density at radius 3 is 2.92 bits per heavy atom. The van der Waals surface area contributed by atoms with E-state index in [9.17, 15) is 0 Å². The average Bonchev–Trinajstić information content (AvgIpc) is 2.18. The van der Waals surface area contributed by atoms with Crippen LogP contribution < -0.4 is 0 Å². The molecule has 1 atom stereocenters. The first-order valence-electron chi connectivity index (χ1n) is 4.44. The molecule has 0 saturated carbocycles. The van der Waals surface area contributed by atoms with Crippen molar-refractivity contribution >= 4 is 23.4 Å². The molecule has 0 aliphatic rings. The Labute approximate surface area is 88.9 Å². The number of hydrogen-bond donors (Lipinski definition) is 0. The van der Waals surface area contributed by atoms with Crippen molar-refractivity contribution in [3.05, 3.63) is 23.9 Å². The smallest absolute Gasteiger partial charge is 0.0966 e. The standard InChI is InChI=1S/C10H14ClNS/c1-3-8(2)13-10-6-4-5-9(7-11)12-10/h4-6,8H,3,7H2,1-2H3. The Hall–Kier alpha value is -0.210. The van der Waals surface area contributed by atoms with E-state index in [2.05, 4.69) is 18.8 Å². The van der Waals surface area contributed by atoms with Crippen LogP contribution >= 0.6 is 23.4 Å². The van der Waals surface area contributed by atoms with Gasteiger partial charge in [-0.3, -0.25) is 0 Å². The van der Waals surface area contributed by atoms with Gasteiger partial charge in [-0.25, -0.2) is 4.98 Å². The van der Waals surface area contributed by atoms with Gasteiger partial charge in [-0.15, -0.1) is 23.4 Å². The lowest BCUT2D eigenvalue weighted by molar-refractivity contribution is 0.899. The molecule has 0 aliphatic heterocycles. The summed E-state index contributed by atoms with van der Waals surface area (Å²) >= 11 is 7.50. The van der Waals surface area contributed by atoms with Gasteiger partial charge in [0.2, 0.25) is 0 Å². The van der Waals surface area contributed by atoms with Crippen LogP contribution in [0.2, 0.25) is 0 Å². The minimum absolute atomic E-state index is 0.495. The van der Waals surface area contributed by atoms with Crippen LogP contribution in [0.1, 0.15) is 26.0 Å². The lowest BCUT2D eigenvalue weighted by Crippen LogP contribution is -1.94. The van der Waals surface area contributed by atoms with Gasteiger partial charge >= 0.3 is 0 Å². The van der Waals surface area contributed by atoms with Gasteiger partial charge in [0.15, 0.2) is 0 Å². The zero-order valence-corrected chi connectivity index (χ0v) is 9.53. The zero-order chi connectivity index (χ0) is 9.68. The topological polar surface area (TPSA) is 12.9 Å². The van der Waals surface area contributed by atoms with Crippen LogP contribution in [0.25, 0.3) is 0 Å². The van der Waals surface area contributed by atoms with Crippen molar-refractivity contribution in [2.75, 3.05) is 0 Å². The first-order valence-corrected chi connectivity index (χ1v) is 5.86. The molecule has 0 spiro atoms. The summed E-state index contributed by atoms with van der Waals surface area (Å²) in [6.07, 6.45) is 1.16. The zero-order valence-electron chi connectivity index (χ0n) is 7.96. The second-order valence-corrected chi connectivity index (χ2v) is 4.66. The molecular weight excluding hydrogens is 202 g/mol. The van der Waals surface area contributed by atoms with Crippen LogP contribution in [0, 0.1) is 0 Å². The number of thioether (sulfide) groups is 1. The van der Waals surface area contributed by atoms with E-state index in [1.165, 1.54) is 0 Å². The lowest BCUT2D eigenvalue weighted by Gasteiger charge is -2.07. The van der Waals surface area contributed by atoms with Gasteiger partial charge < -0.3 is 0 Å². The predicted molar refractivity (Wildman–Crippen MR) is 59.4 cm³/mol. The van der Waals surface area contributed by atoms with Crippen molar-refractivity contribution in [3.8, 4) is 0 Å². The van der Waals surface area contributed by atoms with Crippen LogP contribution in [0.3, 0.4) is 0 Å². The first-order chi connectivity index (χ1) is 6.26. The Kier molecular flexibility index (Phi) is 4.60. The number of pyridine rings is 1. The van der Waals surface area contributed by atoms with E-state index in [1.807, 2.05) is 18.2 Å². The van der Waals surface area contributed by atoms with Crippen LogP contribution in [0.5, 0.6) is 0 Å². The molecule has 1 aromatic rings. The van der Waals surface area contributed by atoms with Crippen molar-refractivity contribution in [2.24, 2.45) is 0 Å². The molecule has 1 unspecified atom stereocenters. The summed E-state index contributed by atoms with van der Waals surface area (Å²) in [6, 6.07) is 6.00. The highest BCUT2D eigenvalue weighted by atomic mass is 35.5. The third-order valence-electron chi connectivity index (χ3n) is 1.81. The van der Waals surface area contributed by atoms with Gasteiger partial charge in [0.1, 0.15) is 0 Å². The van der Waals surface area contributed by atoms with Crippen LogP contribution in [0.15, 0.2) is 23.2 Å². The highest BCUT2D eigenvalue weighted by Crippen LogP contribution is 2.23. The molecular formula is C10H14ClNS. The summed E-state index contributed by atoms with van der Waals surface area (Å²) < 4.78 is 0. The molecule has 72 valence electrons. The minimum atomic E-state index is 0.495. The van der Waals surface area contributed by atoms with Gasteiger partial charge in [-0.05, 0) is 18.6 Å². The Morgan fingerprint density at radius 1 is 1.54 bits per heavy atom. The molecule has 0 aromatic carbocycles. The van der Waals surface area contributed by atoms with Crippen LogP contribution in [-0.4, -0.2) is 10.2 Å².